The third-order valence-electron chi connectivity index (χ3n) is 3.37. The van der Waals surface area contributed by atoms with E-state index in [1.807, 2.05) is 32.0 Å². The Balaban J connectivity index is 2.85. The van der Waals surface area contributed by atoms with Crippen molar-refractivity contribution in [3.05, 3.63) is 34.9 Å². The highest BCUT2D eigenvalue weighted by Gasteiger charge is 2.26. The quantitative estimate of drug-likeness (QED) is 0.809. The number of carboxylic acid groups (broad SMARTS) is 1. The predicted octanol–water partition coefficient (Wildman–Crippen LogP) is 2.37. The second kappa shape index (κ2) is 6.58. The lowest BCUT2D eigenvalue weighted by atomic mass is 10.0. The van der Waals surface area contributed by atoms with Gasteiger partial charge in [0, 0.05) is 12.0 Å². The highest BCUT2D eigenvalue weighted by atomic mass is 32.2. The van der Waals surface area contributed by atoms with Gasteiger partial charge in [0.2, 0.25) is 10.0 Å². The molecule has 5 nitrogen and oxygen atoms in total. The highest BCUT2D eigenvalue weighted by Crippen LogP contribution is 2.19. The molecule has 0 atom stereocenters. The van der Waals surface area contributed by atoms with Gasteiger partial charge in [0.05, 0.1) is 5.75 Å². The van der Waals surface area contributed by atoms with Crippen molar-refractivity contribution in [1.29, 1.82) is 0 Å². The Labute approximate surface area is 126 Å². The number of carboxylic acids is 1. The largest absolute Gasteiger partial charge is 0.481 e. The molecule has 118 valence electrons. The fourth-order valence-electron chi connectivity index (χ4n) is 2.19. The van der Waals surface area contributed by atoms with Crippen molar-refractivity contribution >= 4 is 16.0 Å². The van der Waals surface area contributed by atoms with E-state index in [4.69, 9.17) is 5.11 Å². The van der Waals surface area contributed by atoms with E-state index in [9.17, 15) is 13.2 Å². The summed E-state index contributed by atoms with van der Waals surface area (Å²) in [5.74, 6) is -1.03. The summed E-state index contributed by atoms with van der Waals surface area (Å²) < 4.78 is 27.2. The Kier molecular flexibility index (Phi) is 5.53. The summed E-state index contributed by atoms with van der Waals surface area (Å²) >= 11 is 0. The van der Waals surface area contributed by atoms with Crippen LogP contribution in [0.5, 0.6) is 0 Å². The van der Waals surface area contributed by atoms with Gasteiger partial charge in [0.15, 0.2) is 0 Å². The maximum absolute atomic E-state index is 12.3. The normalized spacial score (nSPS) is 12.4. The number of nitrogens with one attached hydrogen (secondary N) is 1. The molecule has 0 aliphatic rings. The Bertz CT molecular complexity index is 600. The molecule has 0 fully saturated rings. The van der Waals surface area contributed by atoms with Gasteiger partial charge in [-0.2, -0.15) is 0 Å². The number of hydrogen-bond acceptors (Lipinski definition) is 3. The average Bonchev–Trinajstić information content (AvgIpc) is 2.30. The van der Waals surface area contributed by atoms with Crippen molar-refractivity contribution in [2.45, 2.75) is 51.8 Å². The van der Waals surface area contributed by atoms with Crippen molar-refractivity contribution in [3.63, 3.8) is 0 Å². The lowest BCUT2D eigenvalue weighted by molar-refractivity contribution is -0.137. The number of carbonyl (C=O) groups is 1. The van der Waals surface area contributed by atoms with Gasteiger partial charge in [-0.1, -0.05) is 18.2 Å². The van der Waals surface area contributed by atoms with Gasteiger partial charge in [-0.05, 0) is 50.8 Å². The molecular formula is C15H23NO4S. The highest BCUT2D eigenvalue weighted by molar-refractivity contribution is 7.88. The lowest BCUT2D eigenvalue weighted by Gasteiger charge is -2.25. The molecule has 0 unspecified atom stereocenters. The maximum atomic E-state index is 12.3. The topological polar surface area (TPSA) is 83.5 Å². The van der Waals surface area contributed by atoms with Crippen LogP contribution in [-0.2, 0) is 20.6 Å². The molecule has 0 aromatic heterocycles. The Morgan fingerprint density at radius 3 is 2.24 bits per heavy atom. The van der Waals surface area contributed by atoms with E-state index >= 15 is 0 Å². The lowest BCUT2D eigenvalue weighted by Crippen LogP contribution is -2.44. The van der Waals surface area contributed by atoms with Crippen LogP contribution in [-0.4, -0.2) is 25.0 Å². The zero-order chi connectivity index (χ0) is 16.3. The second-order valence-electron chi connectivity index (χ2n) is 6.01. The SMILES string of the molecule is Cc1cccc(C)c1CS(=O)(=O)NC(C)(C)CCC(=O)O. The smallest absolute Gasteiger partial charge is 0.303 e. The summed E-state index contributed by atoms with van der Waals surface area (Å²) in [5.41, 5.74) is 1.87. The van der Waals surface area contributed by atoms with Crippen LogP contribution in [0.25, 0.3) is 0 Å². The van der Waals surface area contributed by atoms with Crippen LogP contribution in [0.3, 0.4) is 0 Å². The number of hydrogen-bond donors (Lipinski definition) is 2. The zero-order valence-electron chi connectivity index (χ0n) is 12.9. The molecule has 2 N–H and O–H groups in total. The van der Waals surface area contributed by atoms with Crippen molar-refractivity contribution < 1.29 is 18.3 Å². The fourth-order valence-corrected chi connectivity index (χ4v) is 4.05. The first kappa shape index (κ1) is 17.7. The zero-order valence-corrected chi connectivity index (χ0v) is 13.8. The summed E-state index contributed by atoms with van der Waals surface area (Å²) in [5, 5.41) is 8.71. The van der Waals surface area contributed by atoms with Gasteiger partial charge in [-0.3, -0.25) is 4.79 Å². The first-order valence-corrected chi connectivity index (χ1v) is 8.46. The maximum Gasteiger partial charge on any atom is 0.303 e. The first-order valence-electron chi connectivity index (χ1n) is 6.81. The van der Waals surface area contributed by atoms with Crippen LogP contribution >= 0.6 is 0 Å². The molecule has 0 saturated heterocycles. The minimum Gasteiger partial charge on any atom is -0.481 e. The van der Waals surface area contributed by atoms with E-state index in [2.05, 4.69) is 4.72 Å². The van der Waals surface area contributed by atoms with E-state index in [1.165, 1.54) is 0 Å². The van der Waals surface area contributed by atoms with Crippen molar-refractivity contribution in [1.82, 2.24) is 4.72 Å². The molecule has 1 aromatic rings. The third-order valence-corrected chi connectivity index (χ3v) is 4.91. The minimum absolute atomic E-state index is 0.0705. The van der Waals surface area contributed by atoms with Crippen molar-refractivity contribution in [2.75, 3.05) is 0 Å². The van der Waals surface area contributed by atoms with Gasteiger partial charge >= 0.3 is 5.97 Å². The number of aryl methyl sites for hydroxylation is 2. The number of rotatable bonds is 7. The number of benzene rings is 1. The monoisotopic (exact) mass is 313 g/mol. The van der Waals surface area contributed by atoms with E-state index in [-0.39, 0.29) is 18.6 Å². The molecule has 6 heteroatoms. The first-order chi connectivity index (χ1) is 9.52. The van der Waals surface area contributed by atoms with E-state index < -0.39 is 21.5 Å². The standard InChI is InChI=1S/C15H23NO4S/c1-11-6-5-7-12(2)13(11)10-21(19,20)16-15(3,4)9-8-14(17)18/h5-7,16H,8-10H2,1-4H3,(H,17,18). The Hall–Kier alpha value is -1.40. The van der Waals surface area contributed by atoms with Gasteiger partial charge in [-0.15, -0.1) is 0 Å². The van der Waals surface area contributed by atoms with E-state index in [0.29, 0.717) is 0 Å². The van der Waals surface area contributed by atoms with Crippen molar-refractivity contribution in [3.8, 4) is 0 Å². The summed E-state index contributed by atoms with van der Waals surface area (Å²) in [6, 6.07) is 5.66. The summed E-state index contributed by atoms with van der Waals surface area (Å²) in [4.78, 5) is 10.6. The molecule has 0 bridgehead atoms. The molecule has 0 radical (unpaired) electrons. The molecule has 0 saturated carbocycles. The molecule has 1 rings (SSSR count). The van der Waals surface area contributed by atoms with E-state index in [0.717, 1.165) is 16.7 Å². The summed E-state index contributed by atoms with van der Waals surface area (Å²) in [6.07, 6.45) is 0.174. The summed E-state index contributed by atoms with van der Waals surface area (Å²) in [7, 11) is -3.53. The molecule has 0 aliphatic carbocycles. The molecule has 21 heavy (non-hydrogen) atoms. The van der Waals surface area contributed by atoms with Crippen LogP contribution in [0.4, 0.5) is 0 Å². The van der Waals surface area contributed by atoms with Crippen LogP contribution in [0.15, 0.2) is 18.2 Å². The summed E-state index contributed by atoms with van der Waals surface area (Å²) in [6.45, 7) is 7.15. The van der Waals surface area contributed by atoms with Crippen LogP contribution in [0.2, 0.25) is 0 Å². The molecule has 0 aliphatic heterocycles. The van der Waals surface area contributed by atoms with Crippen LogP contribution < -0.4 is 4.72 Å². The average molecular weight is 313 g/mol. The number of sulfonamides is 1. The van der Waals surface area contributed by atoms with Crippen molar-refractivity contribution in [2.24, 2.45) is 0 Å². The molecular weight excluding hydrogens is 290 g/mol. The van der Waals surface area contributed by atoms with E-state index in [1.54, 1.807) is 13.8 Å². The minimum atomic E-state index is -3.53. The van der Waals surface area contributed by atoms with Gasteiger partial charge < -0.3 is 5.11 Å². The Morgan fingerprint density at radius 2 is 1.76 bits per heavy atom. The van der Waals surface area contributed by atoms with Gasteiger partial charge in [-0.25, -0.2) is 13.1 Å². The third kappa shape index (κ3) is 5.85. The predicted molar refractivity (Wildman–Crippen MR) is 82.6 cm³/mol. The number of aliphatic carboxylic acids is 1. The van der Waals surface area contributed by atoms with Crippen LogP contribution in [0.1, 0.15) is 43.4 Å². The molecule has 0 spiro atoms. The second-order valence-corrected chi connectivity index (χ2v) is 7.73. The van der Waals surface area contributed by atoms with Crippen LogP contribution in [0, 0.1) is 13.8 Å². The van der Waals surface area contributed by atoms with Gasteiger partial charge in [0.25, 0.3) is 0 Å². The van der Waals surface area contributed by atoms with Gasteiger partial charge in [0.1, 0.15) is 0 Å². The molecule has 0 amide bonds. The fraction of sp³-hybridized carbons (Fsp3) is 0.533. The Morgan fingerprint density at radius 1 is 1.24 bits per heavy atom. The molecule has 1 aromatic carbocycles. The molecule has 0 heterocycles.